The van der Waals surface area contributed by atoms with Crippen molar-refractivity contribution in [3.63, 3.8) is 0 Å². The summed E-state index contributed by atoms with van der Waals surface area (Å²) in [5, 5.41) is 0. The lowest BCUT2D eigenvalue weighted by Crippen LogP contribution is -2.19. The summed E-state index contributed by atoms with van der Waals surface area (Å²) in [4.78, 5) is 26.6. The number of allylic oxidation sites excluding steroid dienone is 2. The highest BCUT2D eigenvalue weighted by Gasteiger charge is 2.18. The Morgan fingerprint density at radius 1 is 1.35 bits per heavy atom. The topological polar surface area (TPSA) is 55.7 Å². The first-order valence-corrected chi connectivity index (χ1v) is 5.66. The summed E-state index contributed by atoms with van der Waals surface area (Å²) < 4.78 is 4.43. The van der Waals surface area contributed by atoms with Crippen molar-refractivity contribution in [3.05, 3.63) is 12.2 Å². The van der Waals surface area contributed by atoms with Crippen molar-refractivity contribution < 1.29 is 14.3 Å². The first-order valence-electron chi connectivity index (χ1n) is 5.66. The molecule has 0 unspecified atom stereocenters. The third-order valence-electron chi connectivity index (χ3n) is 2.29. The van der Waals surface area contributed by atoms with Gasteiger partial charge in [-0.2, -0.15) is 0 Å². The Morgan fingerprint density at radius 2 is 2.00 bits per heavy atom. The molecule has 0 spiro atoms. The SMILES string of the molecule is C/C=C/C=N/C(C)(C)CCC(=O)CC(=O)OC. The van der Waals surface area contributed by atoms with E-state index in [1.54, 1.807) is 6.21 Å². The molecule has 0 aromatic heterocycles. The summed E-state index contributed by atoms with van der Waals surface area (Å²) in [6, 6.07) is 0. The molecule has 0 aromatic rings. The Bertz CT molecular complexity index is 317. The maximum absolute atomic E-state index is 11.4. The van der Waals surface area contributed by atoms with Gasteiger partial charge >= 0.3 is 5.97 Å². The van der Waals surface area contributed by atoms with Gasteiger partial charge in [-0.25, -0.2) is 0 Å². The summed E-state index contributed by atoms with van der Waals surface area (Å²) in [6.07, 6.45) is 6.28. The number of carbonyl (C=O) groups is 2. The monoisotopic (exact) mass is 239 g/mol. The Morgan fingerprint density at radius 3 is 2.53 bits per heavy atom. The molecule has 4 heteroatoms. The van der Waals surface area contributed by atoms with E-state index >= 15 is 0 Å². The molecule has 0 fully saturated rings. The molecule has 0 heterocycles. The van der Waals surface area contributed by atoms with Crippen LogP contribution in [0.25, 0.3) is 0 Å². The zero-order valence-electron chi connectivity index (χ0n) is 11.0. The molecule has 0 rings (SSSR count). The number of nitrogens with zero attached hydrogens (tertiary/aromatic N) is 1. The van der Waals surface area contributed by atoms with Crippen molar-refractivity contribution in [2.24, 2.45) is 4.99 Å². The Balaban J connectivity index is 4.08. The number of esters is 1. The summed E-state index contributed by atoms with van der Waals surface area (Å²) in [5.41, 5.74) is -0.286. The lowest BCUT2D eigenvalue weighted by atomic mass is 9.97. The fourth-order valence-electron chi connectivity index (χ4n) is 1.16. The van der Waals surface area contributed by atoms with E-state index < -0.39 is 5.97 Å². The summed E-state index contributed by atoms with van der Waals surface area (Å²) >= 11 is 0. The van der Waals surface area contributed by atoms with E-state index in [-0.39, 0.29) is 17.7 Å². The molecule has 4 nitrogen and oxygen atoms in total. The van der Waals surface area contributed by atoms with Crippen LogP contribution in [0.4, 0.5) is 0 Å². The number of methoxy groups -OCH3 is 1. The average molecular weight is 239 g/mol. The van der Waals surface area contributed by atoms with E-state index in [1.165, 1.54) is 7.11 Å². The predicted molar refractivity (Wildman–Crippen MR) is 68.3 cm³/mol. The van der Waals surface area contributed by atoms with Crippen molar-refractivity contribution in [1.29, 1.82) is 0 Å². The number of rotatable bonds is 7. The van der Waals surface area contributed by atoms with E-state index in [1.807, 2.05) is 32.9 Å². The number of aliphatic imine (C=N–C) groups is 1. The van der Waals surface area contributed by atoms with Gasteiger partial charge in [-0.1, -0.05) is 6.08 Å². The van der Waals surface area contributed by atoms with Crippen LogP contribution in [0.15, 0.2) is 17.1 Å². The lowest BCUT2D eigenvalue weighted by molar-refractivity contribution is -0.143. The van der Waals surface area contributed by atoms with Crippen molar-refractivity contribution >= 4 is 18.0 Å². The molecule has 96 valence electrons. The van der Waals surface area contributed by atoms with Gasteiger partial charge < -0.3 is 4.74 Å². The number of hydrogen-bond donors (Lipinski definition) is 0. The smallest absolute Gasteiger partial charge is 0.313 e. The van der Waals surface area contributed by atoms with Gasteiger partial charge in [0.05, 0.1) is 12.6 Å². The molecule has 0 N–H and O–H groups in total. The van der Waals surface area contributed by atoms with Gasteiger partial charge in [0.25, 0.3) is 0 Å². The minimum atomic E-state index is -0.481. The first-order chi connectivity index (χ1) is 7.91. The van der Waals surface area contributed by atoms with Gasteiger partial charge in [-0.3, -0.25) is 14.6 Å². The van der Waals surface area contributed by atoms with E-state index in [0.29, 0.717) is 12.8 Å². The lowest BCUT2D eigenvalue weighted by Gasteiger charge is -2.18. The highest BCUT2D eigenvalue weighted by molar-refractivity contribution is 5.95. The van der Waals surface area contributed by atoms with Gasteiger partial charge in [0, 0.05) is 12.6 Å². The molecule has 0 aliphatic carbocycles. The van der Waals surface area contributed by atoms with E-state index in [4.69, 9.17) is 0 Å². The fraction of sp³-hybridized carbons (Fsp3) is 0.615. The number of ether oxygens (including phenoxy) is 1. The highest BCUT2D eigenvalue weighted by atomic mass is 16.5. The Labute approximate surface area is 103 Å². The van der Waals surface area contributed by atoms with Gasteiger partial charge in [0.1, 0.15) is 12.2 Å². The van der Waals surface area contributed by atoms with Crippen LogP contribution in [-0.2, 0) is 14.3 Å². The molecule has 0 saturated carbocycles. The second-order valence-corrected chi connectivity index (χ2v) is 4.41. The second kappa shape index (κ2) is 7.76. The van der Waals surface area contributed by atoms with Gasteiger partial charge in [0.15, 0.2) is 0 Å². The quantitative estimate of drug-likeness (QED) is 0.389. The van der Waals surface area contributed by atoms with Crippen molar-refractivity contribution in [2.45, 2.75) is 45.6 Å². The average Bonchev–Trinajstić information content (AvgIpc) is 2.26. The van der Waals surface area contributed by atoms with Gasteiger partial charge in [-0.15, -0.1) is 0 Å². The molecule has 0 atom stereocenters. The standard InChI is InChI=1S/C13H21NO3/c1-5-6-9-14-13(2,3)8-7-11(15)10-12(16)17-4/h5-6,9H,7-8,10H2,1-4H3/b6-5+,14-9+. The van der Waals surface area contributed by atoms with Crippen LogP contribution in [-0.4, -0.2) is 30.6 Å². The summed E-state index contributed by atoms with van der Waals surface area (Å²) in [5.74, 6) is -0.587. The molecule has 0 aromatic carbocycles. The Kier molecular flexibility index (Phi) is 7.10. The highest BCUT2D eigenvalue weighted by Crippen LogP contribution is 2.17. The van der Waals surface area contributed by atoms with Crippen LogP contribution >= 0.6 is 0 Å². The molecular formula is C13H21NO3. The van der Waals surface area contributed by atoms with Crippen molar-refractivity contribution in [3.8, 4) is 0 Å². The molecule has 0 bridgehead atoms. The van der Waals surface area contributed by atoms with Gasteiger partial charge in [-0.05, 0) is 33.3 Å². The van der Waals surface area contributed by atoms with Crippen molar-refractivity contribution in [1.82, 2.24) is 0 Å². The zero-order chi connectivity index (χ0) is 13.3. The molecular weight excluding hydrogens is 218 g/mol. The normalized spacial score (nSPS) is 12.2. The van der Waals surface area contributed by atoms with Gasteiger partial charge in [0.2, 0.25) is 0 Å². The zero-order valence-corrected chi connectivity index (χ0v) is 11.0. The first kappa shape index (κ1) is 15.6. The molecule has 0 aliphatic heterocycles. The third-order valence-corrected chi connectivity index (χ3v) is 2.29. The van der Waals surface area contributed by atoms with Crippen LogP contribution in [0.2, 0.25) is 0 Å². The van der Waals surface area contributed by atoms with Crippen LogP contribution in [0.3, 0.4) is 0 Å². The Hall–Kier alpha value is -1.45. The van der Waals surface area contributed by atoms with E-state index in [9.17, 15) is 9.59 Å². The maximum atomic E-state index is 11.4. The van der Waals surface area contributed by atoms with Crippen molar-refractivity contribution in [2.75, 3.05) is 7.11 Å². The van der Waals surface area contributed by atoms with Crippen LogP contribution in [0, 0.1) is 0 Å². The van der Waals surface area contributed by atoms with E-state index in [0.717, 1.165) is 0 Å². The largest absolute Gasteiger partial charge is 0.469 e. The molecule has 0 amide bonds. The summed E-state index contributed by atoms with van der Waals surface area (Å²) in [6.45, 7) is 5.83. The molecule has 0 aliphatic rings. The van der Waals surface area contributed by atoms with Crippen LogP contribution in [0.1, 0.15) is 40.0 Å². The molecule has 0 radical (unpaired) electrons. The predicted octanol–water partition coefficient (Wildman–Crippen LogP) is 2.32. The maximum Gasteiger partial charge on any atom is 0.313 e. The second-order valence-electron chi connectivity index (χ2n) is 4.41. The third kappa shape index (κ3) is 8.37. The summed E-state index contributed by atoms with van der Waals surface area (Å²) in [7, 11) is 1.28. The number of hydrogen-bond acceptors (Lipinski definition) is 4. The minimum absolute atomic E-state index is 0.105. The minimum Gasteiger partial charge on any atom is -0.469 e. The number of Topliss-reactive ketones (excluding diaryl/α,β-unsaturated/α-hetero) is 1. The van der Waals surface area contributed by atoms with E-state index in [2.05, 4.69) is 9.73 Å². The fourth-order valence-corrected chi connectivity index (χ4v) is 1.16. The van der Waals surface area contributed by atoms with Crippen LogP contribution < -0.4 is 0 Å². The van der Waals surface area contributed by atoms with Crippen LogP contribution in [0.5, 0.6) is 0 Å². The number of ketones is 1. The molecule has 0 saturated heterocycles. The number of carbonyl (C=O) groups excluding carboxylic acids is 2. The molecule has 17 heavy (non-hydrogen) atoms.